The quantitative estimate of drug-likeness (QED) is 0.0739. The molecule has 386 valence electrons. The second-order valence-electron chi connectivity index (χ2n) is 18.8. The van der Waals surface area contributed by atoms with Crippen molar-refractivity contribution in [3.8, 4) is 39.8 Å². The number of aromatic nitrogens is 6. The molecule has 2 aromatic heterocycles. The Balaban J connectivity index is 1.38. The predicted molar refractivity (Wildman–Crippen MR) is 271 cm³/mol. The zero-order chi connectivity index (χ0) is 52.3. The summed E-state index contributed by atoms with van der Waals surface area (Å²) >= 11 is 0. The maximum absolute atomic E-state index is 16.4. The first kappa shape index (κ1) is 52.2. The average Bonchev–Trinajstić information content (AvgIpc) is 3.99. The van der Waals surface area contributed by atoms with Crippen LogP contribution in [0.15, 0.2) is 113 Å². The van der Waals surface area contributed by atoms with Gasteiger partial charge in [-0.25, -0.2) is 26.6 Å². The maximum atomic E-state index is 16.4. The highest BCUT2D eigenvalue weighted by Gasteiger charge is 2.46. The molecule has 0 atom stereocenters. The Labute approximate surface area is 423 Å². The molecule has 1 amide bonds. The fourth-order valence-electron chi connectivity index (χ4n) is 8.07. The number of para-hydroxylation sites is 1. The molecule has 5 N–H and O–H groups in total. The van der Waals surface area contributed by atoms with Crippen molar-refractivity contribution in [1.29, 1.82) is 0 Å². The van der Waals surface area contributed by atoms with E-state index >= 15 is 16.8 Å². The van der Waals surface area contributed by atoms with Gasteiger partial charge in [0.1, 0.15) is 32.6 Å². The van der Waals surface area contributed by atoms with Crippen molar-refractivity contribution in [3.05, 3.63) is 120 Å². The Morgan fingerprint density at radius 2 is 1.36 bits per heavy atom. The van der Waals surface area contributed by atoms with Crippen LogP contribution in [0.3, 0.4) is 0 Å². The highest BCUT2D eigenvalue weighted by molar-refractivity contribution is 7.92. The number of nitrogens with zero attached hydrogens (tertiary/aromatic N) is 6. The standard InChI is InChI=1S/C50H58N10O11S2/c1-48(2,3)71-47(61)52-29-50(30-69-49(4,5)70-31-50)57-72(62,63)41-25-24-38(39-10-9-11-40-43(39)54-46(51)53-40)42(45-55-58-60(56-45)28-34-16-22-37(68-8)23-17-34)44(41)73(64,65)59(26-32-12-18-35(66-6)19-13-32)27-33-14-20-36(67-7)21-15-33/h9-25,57H,26-31H2,1-8H3,(H,52,61)(H3,51,53,54). The predicted octanol–water partition coefficient (Wildman–Crippen LogP) is 6.26. The molecule has 1 aliphatic rings. The van der Waals surface area contributed by atoms with E-state index in [2.05, 4.69) is 30.3 Å². The number of amides is 1. The Morgan fingerprint density at radius 1 is 0.795 bits per heavy atom. The lowest BCUT2D eigenvalue weighted by molar-refractivity contribution is -0.268. The summed E-state index contributed by atoms with van der Waals surface area (Å²) in [4.78, 5) is 20.6. The second kappa shape index (κ2) is 20.8. The summed E-state index contributed by atoms with van der Waals surface area (Å²) in [6, 6.07) is 28.6. The van der Waals surface area contributed by atoms with Crippen molar-refractivity contribution in [3.63, 3.8) is 0 Å². The van der Waals surface area contributed by atoms with Gasteiger partial charge in [0.15, 0.2) is 11.7 Å². The van der Waals surface area contributed by atoms with Crippen molar-refractivity contribution in [2.75, 3.05) is 46.8 Å². The average molecular weight is 1040 g/mol. The van der Waals surface area contributed by atoms with Crippen LogP contribution in [0, 0.1) is 0 Å². The number of hydrogen-bond donors (Lipinski definition) is 4. The highest BCUT2D eigenvalue weighted by Crippen LogP contribution is 2.43. The number of nitrogen functional groups attached to an aromatic ring is 1. The number of anilines is 1. The number of nitrogens with one attached hydrogen (secondary N) is 3. The zero-order valence-electron chi connectivity index (χ0n) is 41.6. The van der Waals surface area contributed by atoms with Crippen LogP contribution in [0.5, 0.6) is 17.2 Å². The Bertz CT molecular complexity index is 3260. The van der Waals surface area contributed by atoms with Crippen molar-refractivity contribution < 1.29 is 50.1 Å². The van der Waals surface area contributed by atoms with E-state index in [4.69, 9.17) is 39.3 Å². The Kier molecular flexibility index (Phi) is 14.8. The minimum absolute atomic E-state index is 0.0827. The third-order valence-electron chi connectivity index (χ3n) is 11.7. The number of aromatic amines is 1. The van der Waals surface area contributed by atoms with Crippen LogP contribution in [-0.4, -0.2) is 115 Å². The van der Waals surface area contributed by atoms with Gasteiger partial charge in [0.2, 0.25) is 25.9 Å². The molecule has 5 aromatic carbocycles. The number of benzene rings is 5. The van der Waals surface area contributed by atoms with Gasteiger partial charge in [0.25, 0.3) is 0 Å². The first-order valence-electron chi connectivity index (χ1n) is 23.0. The largest absolute Gasteiger partial charge is 0.497 e. The van der Waals surface area contributed by atoms with E-state index in [1.165, 1.54) is 35.5 Å². The number of carbonyl (C=O) groups is 1. The van der Waals surface area contributed by atoms with E-state index in [1.54, 1.807) is 121 Å². The molecule has 0 radical (unpaired) electrons. The minimum Gasteiger partial charge on any atom is -0.497 e. The van der Waals surface area contributed by atoms with E-state index in [1.807, 2.05) is 12.1 Å². The molecule has 0 saturated carbocycles. The van der Waals surface area contributed by atoms with E-state index in [9.17, 15) is 4.79 Å². The number of sulfonamides is 2. The Hall–Kier alpha value is -7.15. The molecule has 7 aromatic rings. The summed E-state index contributed by atoms with van der Waals surface area (Å²) in [6.45, 7) is 6.94. The third kappa shape index (κ3) is 12.0. The van der Waals surface area contributed by atoms with Gasteiger partial charge in [0, 0.05) is 25.2 Å². The lowest BCUT2D eigenvalue weighted by Crippen LogP contribution is -2.65. The van der Waals surface area contributed by atoms with Crippen molar-refractivity contribution in [2.24, 2.45) is 0 Å². The van der Waals surface area contributed by atoms with Gasteiger partial charge < -0.3 is 44.5 Å². The molecule has 1 saturated heterocycles. The van der Waals surface area contributed by atoms with Crippen LogP contribution in [0.2, 0.25) is 0 Å². The van der Waals surface area contributed by atoms with Gasteiger partial charge >= 0.3 is 6.09 Å². The van der Waals surface area contributed by atoms with Crippen molar-refractivity contribution in [2.45, 2.75) is 81.0 Å². The lowest BCUT2D eigenvalue weighted by atomic mass is 9.98. The van der Waals surface area contributed by atoms with Gasteiger partial charge in [-0.1, -0.05) is 54.6 Å². The summed E-state index contributed by atoms with van der Waals surface area (Å²) in [5.74, 6) is 0.401. The number of alkyl carbamates (subject to hydrolysis) is 1. The van der Waals surface area contributed by atoms with E-state index < -0.39 is 59.4 Å². The van der Waals surface area contributed by atoms with Crippen LogP contribution in [0.4, 0.5) is 10.7 Å². The second-order valence-corrected chi connectivity index (χ2v) is 22.3. The summed E-state index contributed by atoms with van der Waals surface area (Å²) in [5, 5.41) is 16.2. The summed E-state index contributed by atoms with van der Waals surface area (Å²) in [7, 11) is -5.52. The molecular formula is C50H58N10O11S2. The van der Waals surface area contributed by atoms with Crippen molar-refractivity contribution >= 4 is 43.1 Å². The number of imidazole rings is 1. The van der Waals surface area contributed by atoms with Crippen LogP contribution >= 0.6 is 0 Å². The first-order valence-corrected chi connectivity index (χ1v) is 25.9. The number of methoxy groups -OCH3 is 3. The molecule has 73 heavy (non-hydrogen) atoms. The summed E-state index contributed by atoms with van der Waals surface area (Å²) < 4.78 is 102. The molecule has 0 bridgehead atoms. The van der Waals surface area contributed by atoms with Gasteiger partial charge in [-0.2, -0.15) is 13.8 Å². The Morgan fingerprint density at radius 3 is 1.90 bits per heavy atom. The molecule has 0 aliphatic carbocycles. The number of hydrogen-bond acceptors (Lipinski definition) is 16. The molecule has 8 rings (SSSR count). The summed E-state index contributed by atoms with van der Waals surface area (Å²) in [5.41, 5.74) is 6.64. The normalized spacial score (nSPS) is 14.8. The number of rotatable bonds is 18. The number of H-pyrrole nitrogens is 1. The molecule has 1 aliphatic heterocycles. The van der Waals surface area contributed by atoms with Gasteiger partial charge in [-0.15, -0.1) is 10.2 Å². The van der Waals surface area contributed by atoms with E-state index in [0.29, 0.717) is 45.0 Å². The fourth-order valence-corrected chi connectivity index (χ4v) is 11.9. The zero-order valence-corrected chi connectivity index (χ0v) is 43.3. The van der Waals surface area contributed by atoms with Crippen LogP contribution in [-0.2, 0) is 53.9 Å². The first-order chi connectivity index (χ1) is 34.6. The number of carbonyl (C=O) groups excluding carboxylic acids is 1. The van der Waals surface area contributed by atoms with Gasteiger partial charge in [-0.05, 0) is 111 Å². The number of ether oxygens (including phenoxy) is 6. The number of tetrazole rings is 1. The maximum Gasteiger partial charge on any atom is 0.407 e. The lowest BCUT2D eigenvalue weighted by Gasteiger charge is -2.43. The molecule has 0 spiro atoms. The van der Waals surface area contributed by atoms with Crippen LogP contribution < -0.4 is 30.0 Å². The molecule has 3 heterocycles. The smallest absolute Gasteiger partial charge is 0.407 e. The molecule has 0 unspecified atom stereocenters. The topological polar surface area (TPSA) is 266 Å². The van der Waals surface area contributed by atoms with Crippen LogP contribution in [0.1, 0.15) is 51.3 Å². The molecule has 21 nitrogen and oxygen atoms in total. The third-order valence-corrected chi connectivity index (χ3v) is 15.4. The van der Waals surface area contributed by atoms with E-state index in [-0.39, 0.29) is 55.7 Å². The minimum atomic E-state index is -5.07. The van der Waals surface area contributed by atoms with E-state index in [0.717, 1.165) is 5.56 Å². The molecular weight excluding hydrogens is 981 g/mol. The summed E-state index contributed by atoms with van der Waals surface area (Å²) in [6.07, 6.45) is -0.838. The van der Waals surface area contributed by atoms with Crippen molar-refractivity contribution in [1.82, 2.24) is 44.5 Å². The highest BCUT2D eigenvalue weighted by atomic mass is 32.2. The number of fused-ring (bicyclic) bond motifs is 1. The SMILES string of the molecule is COc1ccc(CN(Cc2ccc(OC)cc2)S(=O)(=O)c2c(S(=O)(=O)NC3(CNC(=O)OC(C)(C)C)COC(C)(C)OC3)ccc(-c3cccc4[nH]c(N)nc34)c2-c2nnn(Cc3ccc(OC)cc3)n2)cc1. The fraction of sp³-hybridized carbons (Fsp3) is 0.340. The monoisotopic (exact) mass is 1040 g/mol. The molecule has 23 heteroatoms. The van der Waals surface area contributed by atoms with Gasteiger partial charge in [-0.3, -0.25) is 0 Å². The van der Waals surface area contributed by atoms with Gasteiger partial charge in [0.05, 0.1) is 63.2 Å². The van der Waals surface area contributed by atoms with Crippen LogP contribution in [0.25, 0.3) is 33.5 Å². The number of nitrogens with two attached hydrogens (primary N) is 1. The molecule has 1 fully saturated rings.